The molecular weight excluding hydrogens is 266 g/mol. The van der Waals surface area contributed by atoms with Crippen LogP contribution in [0.2, 0.25) is 0 Å². The molecule has 0 fully saturated rings. The lowest BCUT2D eigenvalue weighted by Gasteiger charge is -2.20. The van der Waals surface area contributed by atoms with Crippen molar-refractivity contribution in [1.82, 2.24) is 4.98 Å². The van der Waals surface area contributed by atoms with Crippen molar-refractivity contribution in [3.05, 3.63) is 22.9 Å². The highest BCUT2D eigenvalue weighted by Crippen LogP contribution is 2.27. The third-order valence-corrected chi connectivity index (χ3v) is 3.38. The first-order chi connectivity index (χ1) is 9.90. The molecule has 1 heterocycles. The number of nitriles is 1. The molecule has 0 radical (unpaired) electrons. The summed E-state index contributed by atoms with van der Waals surface area (Å²) in [6.07, 6.45) is 6.35. The lowest BCUT2D eigenvalue weighted by atomic mass is 10.00. The lowest BCUT2D eigenvalue weighted by Crippen LogP contribution is -2.28. The van der Waals surface area contributed by atoms with Crippen molar-refractivity contribution in [2.24, 2.45) is 0 Å². The Balaban J connectivity index is 2.27. The van der Waals surface area contributed by atoms with Crippen LogP contribution in [0.15, 0.2) is 6.20 Å². The average molecular weight is 287 g/mol. The van der Waals surface area contributed by atoms with Crippen molar-refractivity contribution < 1.29 is 9.53 Å². The molecule has 0 atom stereocenters. The molecule has 0 saturated heterocycles. The van der Waals surface area contributed by atoms with Gasteiger partial charge in [0.2, 0.25) is 0 Å². The van der Waals surface area contributed by atoms with E-state index >= 15 is 0 Å². The van der Waals surface area contributed by atoms with Crippen molar-refractivity contribution in [3.63, 3.8) is 0 Å². The van der Waals surface area contributed by atoms with Gasteiger partial charge in [-0.05, 0) is 57.6 Å². The van der Waals surface area contributed by atoms with Crippen LogP contribution in [-0.2, 0) is 17.6 Å². The number of ether oxygens (including phenoxy) is 1. The zero-order chi connectivity index (χ0) is 15.5. The summed E-state index contributed by atoms with van der Waals surface area (Å²) in [5.74, 6) is 0.299. The van der Waals surface area contributed by atoms with Gasteiger partial charge in [-0.25, -0.2) is 9.78 Å². The number of fused-ring (bicyclic) bond motifs is 1. The fraction of sp³-hybridized carbons (Fsp3) is 0.562. The predicted molar refractivity (Wildman–Crippen MR) is 80.1 cm³/mol. The van der Waals surface area contributed by atoms with Crippen molar-refractivity contribution >= 4 is 11.9 Å². The normalized spacial score (nSPS) is 14.6. The van der Waals surface area contributed by atoms with Gasteiger partial charge < -0.3 is 4.74 Å². The fourth-order valence-electron chi connectivity index (χ4n) is 2.50. The summed E-state index contributed by atoms with van der Waals surface area (Å²) in [5, 5.41) is 12.0. The van der Waals surface area contributed by atoms with Gasteiger partial charge >= 0.3 is 6.09 Å². The molecule has 1 aromatic rings. The van der Waals surface area contributed by atoms with Crippen LogP contribution in [0.1, 0.15) is 56.7 Å². The number of carbonyl (C=O) groups excluding carboxylic acids is 1. The molecule has 2 rings (SSSR count). The topological polar surface area (TPSA) is 75.0 Å². The van der Waals surface area contributed by atoms with Crippen LogP contribution in [0, 0.1) is 11.3 Å². The molecule has 1 N–H and O–H groups in total. The van der Waals surface area contributed by atoms with E-state index in [0.717, 1.165) is 43.2 Å². The van der Waals surface area contributed by atoms with E-state index in [2.05, 4.69) is 16.4 Å². The van der Waals surface area contributed by atoms with E-state index in [4.69, 9.17) is 4.74 Å². The van der Waals surface area contributed by atoms with E-state index in [1.165, 1.54) is 0 Å². The van der Waals surface area contributed by atoms with Gasteiger partial charge in [0.1, 0.15) is 11.7 Å². The summed E-state index contributed by atoms with van der Waals surface area (Å²) in [6, 6.07) is 2.19. The van der Waals surface area contributed by atoms with Crippen LogP contribution in [0.5, 0.6) is 0 Å². The van der Waals surface area contributed by atoms with Gasteiger partial charge in [0.25, 0.3) is 0 Å². The van der Waals surface area contributed by atoms with Crippen LogP contribution >= 0.6 is 0 Å². The molecular formula is C16H21N3O2. The first-order valence-electron chi connectivity index (χ1n) is 7.31. The second-order valence-electron chi connectivity index (χ2n) is 6.28. The van der Waals surface area contributed by atoms with Gasteiger partial charge in [0.05, 0.1) is 5.56 Å². The summed E-state index contributed by atoms with van der Waals surface area (Å²) in [6.45, 7) is 5.38. The van der Waals surface area contributed by atoms with E-state index in [1.54, 1.807) is 27.0 Å². The third-order valence-electron chi connectivity index (χ3n) is 3.38. The number of aryl methyl sites for hydroxylation is 1. The maximum atomic E-state index is 11.8. The molecule has 21 heavy (non-hydrogen) atoms. The van der Waals surface area contributed by atoms with Gasteiger partial charge in [-0.3, -0.25) is 5.32 Å². The van der Waals surface area contributed by atoms with Gasteiger partial charge in [-0.2, -0.15) is 5.26 Å². The molecule has 1 amide bonds. The molecule has 1 aromatic heterocycles. The second-order valence-corrected chi connectivity index (χ2v) is 6.28. The summed E-state index contributed by atoms with van der Waals surface area (Å²) >= 11 is 0. The standard InChI is InChI=1S/C16H21N3O2/c1-16(2,3)21-15(20)19-14-13(9-17)12-8-6-4-5-7-11(12)10-18-14/h10H,4-8H2,1-3H3,(H,18,19,20). The second kappa shape index (κ2) is 6.13. The van der Waals surface area contributed by atoms with E-state index in [0.29, 0.717) is 11.4 Å². The maximum Gasteiger partial charge on any atom is 0.413 e. The minimum Gasteiger partial charge on any atom is -0.444 e. The average Bonchev–Trinajstić information content (AvgIpc) is 2.61. The number of anilines is 1. The fourth-order valence-corrected chi connectivity index (χ4v) is 2.50. The number of carbonyl (C=O) groups is 1. The van der Waals surface area contributed by atoms with Gasteiger partial charge in [-0.1, -0.05) is 6.42 Å². The number of hydrogen-bond acceptors (Lipinski definition) is 4. The van der Waals surface area contributed by atoms with E-state index < -0.39 is 11.7 Å². The minimum absolute atomic E-state index is 0.299. The van der Waals surface area contributed by atoms with Crippen LogP contribution in [0.25, 0.3) is 0 Å². The molecule has 0 spiro atoms. The van der Waals surface area contributed by atoms with Crippen LogP contribution in [-0.4, -0.2) is 16.7 Å². The van der Waals surface area contributed by atoms with E-state index in [1.807, 2.05) is 0 Å². The molecule has 112 valence electrons. The predicted octanol–water partition coefficient (Wildman–Crippen LogP) is 3.57. The molecule has 0 unspecified atom stereocenters. The zero-order valence-corrected chi connectivity index (χ0v) is 12.8. The van der Waals surface area contributed by atoms with E-state index in [9.17, 15) is 10.1 Å². The van der Waals surface area contributed by atoms with Crippen molar-refractivity contribution in [2.75, 3.05) is 5.32 Å². The molecule has 5 heteroatoms. The minimum atomic E-state index is -0.583. The highest BCUT2D eigenvalue weighted by molar-refractivity contribution is 5.85. The van der Waals surface area contributed by atoms with Crippen molar-refractivity contribution in [1.29, 1.82) is 5.26 Å². The lowest BCUT2D eigenvalue weighted by molar-refractivity contribution is 0.0635. The number of nitrogens with one attached hydrogen (secondary N) is 1. The number of pyridine rings is 1. The van der Waals surface area contributed by atoms with Crippen LogP contribution < -0.4 is 5.32 Å². The summed E-state index contributed by atoms with van der Waals surface area (Å²) in [5.41, 5.74) is 2.04. The Labute approximate surface area is 125 Å². The third kappa shape index (κ3) is 3.94. The Morgan fingerprint density at radius 1 is 1.33 bits per heavy atom. The Bertz CT molecular complexity index is 582. The van der Waals surface area contributed by atoms with Crippen LogP contribution in [0.3, 0.4) is 0 Å². The number of amides is 1. The number of nitrogens with zero attached hydrogens (tertiary/aromatic N) is 2. The summed E-state index contributed by atoms with van der Waals surface area (Å²) in [4.78, 5) is 16.1. The highest BCUT2D eigenvalue weighted by Gasteiger charge is 2.21. The van der Waals surface area contributed by atoms with Crippen LogP contribution in [0.4, 0.5) is 10.6 Å². The van der Waals surface area contributed by atoms with Crippen molar-refractivity contribution in [2.45, 2.75) is 58.5 Å². The number of hydrogen-bond donors (Lipinski definition) is 1. The number of rotatable bonds is 1. The highest BCUT2D eigenvalue weighted by atomic mass is 16.6. The number of aromatic nitrogens is 1. The molecule has 0 bridgehead atoms. The Kier molecular flexibility index (Phi) is 4.46. The van der Waals surface area contributed by atoms with Crippen molar-refractivity contribution in [3.8, 4) is 6.07 Å². The quantitative estimate of drug-likeness (QED) is 0.801. The molecule has 1 aliphatic rings. The Morgan fingerprint density at radius 3 is 2.71 bits per heavy atom. The first-order valence-corrected chi connectivity index (χ1v) is 7.31. The monoisotopic (exact) mass is 287 g/mol. The zero-order valence-electron chi connectivity index (χ0n) is 12.8. The smallest absolute Gasteiger partial charge is 0.413 e. The molecule has 1 aliphatic carbocycles. The van der Waals surface area contributed by atoms with Gasteiger partial charge in [-0.15, -0.1) is 0 Å². The summed E-state index contributed by atoms with van der Waals surface area (Å²) in [7, 11) is 0. The maximum absolute atomic E-state index is 11.8. The molecule has 0 aliphatic heterocycles. The summed E-state index contributed by atoms with van der Waals surface area (Å²) < 4.78 is 5.21. The Hall–Kier alpha value is -2.09. The van der Waals surface area contributed by atoms with E-state index in [-0.39, 0.29) is 0 Å². The SMILES string of the molecule is CC(C)(C)OC(=O)Nc1ncc2c(c1C#N)CCCCC2. The first kappa shape index (κ1) is 15.3. The Morgan fingerprint density at radius 2 is 2.05 bits per heavy atom. The van der Waals surface area contributed by atoms with Gasteiger partial charge in [0, 0.05) is 6.20 Å². The molecule has 0 saturated carbocycles. The largest absolute Gasteiger partial charge is 0.444 e. The van der Waals surface area contributed by atoms with Gasteiger partial charge in [0.15, 0.2) is 5.82 Å². The molecule has 0 aromatic carbocycles. The molecule has 5 nitrogen and oxygen atoms in total.